The predicted molar refractivity (Wildman–Crippen MR) is 111 cm³/mol. The predicted octanol–water partition coefficient (Wildman–Crippen LogP) is 3.68. The van der Waals surface area contributed by atoms with E-state index in [0.717, 1.165) is 35.4 Å². The Morgan fingerprint density at radius 3 is 3.00 bits per heavy atom. The van der Waals surface area contributed by atoms with Crippen molar-refractivity contribution >= 4 is 17.2 Å². The Morgan fingerprint density at radius 1 is 1.30 bits per heavy atom. The smallest absolute Gasteiger partial charge is 0.291 e. The molecule has 1 amide bonds. The van der Waals surface area contributed by atoms with Crippen molar-refractivity contribution in [3.63, 3.8) is 0 Å². The van der Waals surface area contributed by atoms with Gasteiger partial charge < -0.3 is 5.32 Å². The Kier molecular flexibility index (Phi) is 4.66. The third-order valence-electron chi connectivity index (χ3n) is 5.29. The molecule has 0 unspecified atom stereocenters. The van der Waals surface area contributed by atoms with Crippen LogP contribution >= 0.6 is 11.3 Å². The van der Waals surface area contributed by atoms with Gasteiger partial charge in [0.25, 0.3) is 5.91 Å². The molecule has 4 aromatic rings. The van der Waals surface area contributed by atoms with Gasteiger partial charge in [-0.2, -0.15) is 5.10 Å². The monoisotopic (exact) mass is 422 g/mol. The molecular formula is C21H19FN6OS. The molecule has 1 aromatic carbocycles. The van der Waals surface area contributed by atoms with Crippen molar-refractivity contribution in [3.05, 3.63) is 70.9 Å². The fourth-order valence-electron chi connectivity index (χ4n) is 3.84. The van der Waals surface area contributed by atoms with Crippen molar-refractivity contribution in [3.8, 4) is 16.4 Å². The van der Waals surface area contributed by atoms with E-state index in [-0.39, 0.29) is 23.6 Å². The van der Waals surface area contributed by atoms with E-state index in [0.29, 0.717) is 11.5 Å². The van der Waals surface area contributed by atoms with Crippen molar-refractivity contribution in [2.45, 2.75) is 25.3 Å². The van der Waals surface area contributed by atoms with E-state index in [2.05, 4.69) is 20.5 Å². The van der Waals surface area contributed by atoms with Crippen LogP contribution in [0.2, 0.25) is 0 Å². The molecule has 0 fully saturated rings. The number of halogens is 1. The summed E-state index contributed by atoms with van der Waals surface area (Å²) in [5.41, 5.74) is 2.70. The highest BCUT2D eigenvalue weighted by Gasteiger charge is 2.27. The number of carbonyl (C=O) groups excluding carboxylic acids is 1. The summed E-state index contributed by atoms with van der Waals surface area (Å²) in [4.78, 5) is 18.4. The average molecular weight is 422 g/mol. The number of nitrogens with one attached hydrogen (secondary N) is 1. The molecule has 3 heterocycles. The van der Waals surface area contributed by atoms with Gasteiger partial charge in [0.15, 0.2) is 5.82 Å². The van der Waals surface area contributed by atoms with E-state index in [4.69, 9.17) is 0 Å². The van der Waals surface area contributed by atoms with Crippen LogP contribution in [0.5, 0.6) is 0 Å². The number of thiophene rings is 1. The second kappa shape index (κ2) is 7.49. The third-order valence-corrected chi connectivity index (χ3v) is 6.15. The minimum Gasteiger partial charge on any atom is -0.342 e. The second-order valence-electron chi connectivity index (χ2n) is 7.22. The zero-order valence-electron chi connectivity index (χ0n) is 16.2. The van der Waals surface area contributed by atoms with E-state index in [1.54, 1.807) is 12.1 Å². The number of aryl methyl sites for hydroxylation is 1. The summed E-state index contributed by atoms with van der Waals surface area (Å²) < 4.78 is 17.2. The fraction of sp³-hybridized carbons (Fsp3) is 0.238. The topological polar surface area (TPSA) is 77.6 Å². The van der Waals surface area contributed by atoms with E-state index in [1.807, 2.05) is 35.4 Å². The summed E-state index contributed by atoms with van der Waals surface area (Å²) in [6.45, 7) is 0. The lowest BCUT2D eigenvalue weighted by Crippen LogP contribution is -2.31. The van der Waals surface area contributed by atoms with Crippen LogP contribution in [0, 0.1) is 5.82 Å². The van der Waals surface area contributed by atoms with Gasteiger partial charge in [-0.1, -0.05) is 12.1 Å². The Labute approximate surface area is 176 Å². The molecule has 1 N–H and O–H groups in total. The summed E-state index contributed by atoms with van der Waals surface area (Å²) in [7, 11) is 1.92. The molecule has 0 spiro atoms. The number of hydrogen-bond donors (Lipinski definition) is 1. The number of hydrogen-bond acceptors (Lipinski definition) is 5. The van der Waals surface area contributed by atoms with Crippen molar-refractivity contribution < 1.29 is 9.18 Å². The standard InChI is InChI=1S/C21H19FN6OS/c1-27-17-8-3-7-16(15(17)12-23-27)24-21(29)19-25-20(18-9-4-10-30-18)28(26-19)14-6-2-5-13(22)11-14/h2,4-6,9-12,16H,3,7-8H2,1H3,(H,24,29)/t16-/m0/s1. The molecule has 1 aliphatic rings. The molecule has 0 radical (unpaired) electrons. The molecule has 152 valence electrons. The van der Waals surface area contributed by atoms with Crippen molar-refractivity contribution in [2.75, 3.05) is 0 Å². The molecule has 0 saturated heterocycles. The van der Waals surface area contributed by atoms with Gasteiger partial charge in [0.1, 0.15) is 5.82 Å². The van der Waals surface area contributed by atoms with Crippen LogP contribution in [-0.4, -0.2) is 30.5 Å². The van der Waals surface area contributed by atoms with Crippen LogP contribution in [0.25, 0.3) is 16.4 Å². The Morgan fingerprint density at radius 2 is 2.20 bits per heavy atom. The first-order chi connectivity index (χ1) is 14.6. The van der Waals surface area contributed by atoms with Crippen LogP contribution < -0.4 is 5.32 Å². The molecule has 1 atom stereocenters. The summed E-state index contributed by atoms with van der Waals surface area (Å²) >= 11 is 1.48. The molecule has 1 aliphatic carbocycles. The molecule has 9 heteroatoms. The van der Waals surface area contributed by atoms with Gasteiger partial charge in [-0.05, 0) is 48.9 Å². The molecule has 3 aromatic heterocycles. The number of nitrogens with zero attached hydrogens (tertiary/aromatic N) is 5. The number of rotatable bonds is 4. The highest BCUT2D eigenvalue weighted by Crippen LogP contribution is 2.30. The summed E-state index contributed by atoms with van der Waals surface area (Å²) in [6.07, 6.45) is 4.58. The molecule has 5 rings (SSSR count). The van der Waals surface area contributed by atoms with Gasteiger partial charge in [0.05, 0.1) is 22.8 Å². The Balaban J connectivity index is 1.49. The largest absolute Gasteiger partial charge is 0.342 e. The summed E-state index contributed by atoms with van der Waals surface area (Å²) in [6, 6.07) is 9.76. The number of amides is 1. The Bertz CT molecular complexity index is 1210. The first kappa shape index (κ1) is 18.7. The van der Waals surface area contributed by atoms with Crippen molar-refractivity contribution in [1.29, 1.82) is 0 Å². The lowest BCUT2D eigenvalue weighted by Gasteiger charge is -2.23. The van der Waals surface area contributed by atoms with Crippen LogP contribution in [-0.2, 0) is 13.5 Å². The first-order valence-electron chi connectivity index (χ1n) is 9.68. The summed E-state index contributed by atoms with van der Waals surface area (Å²) in [5.74, 6) is -0.174. The maximum absolute atomic E-state index is 13.8. The molecule has 7 nitrogen and oxygen atoms in total. The van der Waals surface area contributed by atoms with Crippen LogP contribution in [0.1, 0.15) is 40.8 Å². The average Bonchev–Trinajstić information content (AvgIpc) is 3.48. The van der Waals surface area contributed by atoms with Gasteiger partial charge in [0.2, 0.25) is 5.82 Å². The lowest BCUT2D eigenvalue weighted by molar-refractivity contribution is 0.0922. The van der Waals surface area contributed by atoms with E-state index in [9.17, 15) is 9.18 Å². The lowest BCUT2D eigenvalue weighted by atomic mass is 9.93. The number of aromatic nitrogens is 5. The minimum absolute atomic E-state index is 0.0543. The second-order valence-corrected chi connectivity index (χ2v) is 8.16. The van der Waals surface area contributed by atoms with E-state index < -0.39 is 0 Å². The molecular weight excluding hydrogens is 403 g/mol. The van der Waals surface area contributed by atoms with Crippen molar-refractivity contribution in [1.82, 2.24) is 29.9 Å². The fourth-order valence-corrected chi connectivity index (χ4v) is 4.54. The van der Waals surface area contributed by atoms with E-state index >= 15 is 0 Å². The molecule has 0 aliphatic heterocycles. The first-order valence-corrected chi connectivity index (χ1v) is 10.6. The van der Waals surface area contributed by atoms with Crippen LogP contribution in [0.3, 0.4) is 0 Å². The third kappa shape index (κ3) is 3.30. The molecule has 30 heavy (non-hydrogen) atoms. The van der Waals surface area contributed by atoms with Crippen LogP contribution in [0.15, 0.2) is 48.0 Å². The molecule has 0 saturated carbocycles. The van der Waals surface area contributed by atoms with Crippen LogP contribution in [0.4, 0.5) is 4.39 Å². The van der Waals surface area contributed by atoms with Gasteiger partial charge in [0, 0.05) is 18.3 Å². The zero-order valence-corrected chi connectivity index (χ0v) is 17.1. The maximum Gasteiger partial charge on any atom is 0.291 e. The van der Waals surface area contributed by atoms with Crippen molar-refractivity contribution in [2.24, 2.45) is 7.05 Å². The number of benzene rings is 1. The minimum atomic E-state index is -0.377. The van der Waals surface area contributed by atoms with Gasteiger partial charge in [-0.25, -0.2) is 14.1 Å². The number of fused-ring (bicyclic) bond motifs is 1. The van der Waals surface area contributed by atoms with E-state index in [1.165, 1.54) is 28.2 Å². The number of carbonyl (C=O) groups is 1. The van der Waals surface area contributed by atoms with Gasteiger partial charge in [-0.15, -0.1) is 16.4 Å². The summed E-state index contributed by atoms with van der Waals surface area (Å²) in [5, 5.41) is 13.7. The SMILES string of the molecule is Cn1ncc2c1CCC[C@@H]2NC(=O)c1nc(-c2cccs2)n(-c2cccc(F)c2)n1. The quantitative estimate of drug-likeness (QED) is 0.544. The highest BCUT2D eigenvalue weighted by molar-refractivity contribution is 7.13. The Hall–Kier alpha value is -3.33. The molecule has 0 bridgehead atoms. The van der Waals surface area contributed by atoms with Gasteiger partial charge >= 0.3 is 0 Å². The zero-order chi connectivity index (χ0) is 20.7. The van der Waals surface area contributed by atoms with Gasteiger partial charge in [-0.3, -0.25) is 9.48 Å². The normalized spacial score (nSPS) is 15.7. The maximum atomic E-state index is 13.8. The highest BCUT2D eigenvalue weighted by atomic mass is 32.1.